The van der Waals surface area contributed by atoms with E-state index in [2.05, 4.69) is 15.8 Å². The molecule has 0 fully saturated rings. The third-order valence-electron chi connectivity index (χ3n) is 4.38. The first kappa shape index (κ1) is 26.0. The lowest BCUT2D eigenvalue weighted by atomic mass is 10.0. The number of nitrogens with zero attached hydrogens (tertiary/aromatic N) is 1. The van der Waals surface area contributed by atoms with E-state index in [1.165, 1.54) is 31.5 Å². The SMILES string of the molecule is COc1cccc(/C=N/NC(=O)C(NC(=O)c2ccc(Cl)cc2Cl)C(C)C)c1OCC(N)=O. The quantitative estimate of drug-likeness (QED) is 0.345. The Morgan fingerprint density at radius 1 is 1.18 bits per heavy atom. The molecule has 0 bridgehead atoms. The summed E-state index contributed by atoms with van der Waals surface area (Å²) in [6.45, 7) is 3.19. The molecule has 0 aromatic heterocycles. The lowest BCUT2D eigenvalue weighted by Crippen LogP contribution is -2.48. The second-order valence-corrected chi connectivity index (χ2v) is 8.03. The molecule has 0 heterocycles. The number of para-hydroxylation sites is 1. The molecule has 1 unspecified atom stereocenters. The minimum Gasteiger partial charge on any atom is -0.493 e. The van der Waals surface area contributed by atoms with Crippen molar-refractivity contribution >= 4 is 47.1 Å². The third-order valence-corrected chi connectivity index (χ3v) is 4.93. The van der Waals surface area contributed by atoms with Gasteiger partial charge in [-0.05, 0) is 36.2 Å². The van der Waals surface area contributed by atoms with Crippen molar-refractivity contribution in [3.8, 4) is 11.5 Å². The first-order chi connectivity index (χ1) is 15.6. The fraction of sp³-hybridized carbons (Fsp3) is 0.273. The van der Waals surface area contributed by atoms with E-state index >= 15 is 0 Å². The van der Waals surface area contributed by atoms with Crippen LogP contribution in [-0.4, -0.2) is 43.7 Å². The minimum absolute atomic E-state index is 0.169. The summed E-state index contributed by atoms with van der Waals surface area (Å²) in [5, 5.41) is 7.16. The first-order valence-electron chi connectivity index (χ1n) is 9.81. The topological polar surface area (TPSA) is 132 Å². The van der Waals surface area contributed by atoms with Crippen LogP contribution in [0.2, 0.25) is 10.0 Å². The van der Waals surface area contributed by atoms with Crippen molar-refractivity contribution in [2.24, 2.45) is 16.8 Å². The summed E-state index contributed by atoms with van der Waals surface area (Å²) in [6, 6.07) is 8.53. The van der Waals surface area contributed by atoms with Crippen molar-refractivity contribution in [1.82, 2.24) is 10.7 Å². The highest BCUT2D eigenvalue weighted by atomic mass is 35.5. The number of nitrogens with two attached hydrogens (primary N) is 1. The third kappa shape index (κ3) is 7.37. The predicted octanol–water partition coefficient (Wildman–Crippen LogP) is 2.77. The number of nitrogens with one attached hydrogen (secondary N) is 2. The van der Waals surface area contributed by atoms with E-state index in [1.54, 1.807) is 32.0 Å². The maximum Gasteiger partial charge on any atom is 0.262 e. The maximum absolute atomic E-state index is 12.7. The van der Waals surface area contributed by atoms with Crippen LogP contribution in [0.25, 0.3) is 0 Å². The van der Waals surface area contributed by atoms with Crippen LogP contribution in [0.15, 0.2) is 41.5 Å². The van der Waals surface area contributed by atoms with E-state index < -0.39 is 23.8 Å². The Morgan fingerprint density at radius 2 is 1.91 bits per heavy atom. The molecule has 3 amide bonds. The molecule has 4 N–H and O–H groups in total. The second kappa shape index (κ2) is 12.1. The monoisotopic (exact) mass is 494 g/mol. The van der Waals surface area contributed by atoms with Gasteiger partial charge in [0.2, 0.25) is 0 Å². The normalized spacial score (nSPS) is 11.8. The van der Waals surface area contributed by atoms with Gasteiger partial charge in [-0.15, -0.1) is 0 Å². The number of rotatable bonds is 10. The Bertz CT molecular complexity index is 1060. The van der Waals surface area contributed by atoms with Gasteiger partial charge in [-0.25, -0.2) is 5.43 Å². The van der Waals surface area contributed by atoms with E-state index in [0.29, 0.717) is 16.3 Å². The Kier molecular flexibility index (Phi) is 9.50. The summed E-state index contributed by atoms with van der Waals surface area (Å²) >= 11 is 11.9. The number of hydrogen-bond donors (Lipinski definition) is 3. The minimum atomic E-state index is -0.891. The number of hydrazone groups is 1. The highest BCUT2D eigenvalue weighted by Crippen LogP contribution is 2.30. The molecule has 2 rings (SSSR count). The van der Waals surface area contributed by atoms with Gasteiger partial charge in [-0.1, -0.05) is 43.1 Å². The van der Waals surface area contributed by atoms with Crippen LogP contribution in [0.4, 0.5) is 0 Å². The number of amides is 3. The van der Waals surface area contributed by atoms with Crippen LogP contribution in [0, 0.1) is 5.92 Å². The largest absolute Gasteiger partial charge is 0.493 e. The van der Waals surface area contributed by atoms with Gasteiger partial charge < -0.3 is 20.5 Å². The lowest BCUT2D eigenvalue weighted by molar-refractivity contribution is -0.124. The molecular formula is C22H24Cl2N4O5. The highest BCUT2D eigenvalue weighted by molar-refractivity contribution is 6.36. The molecule has 1 atom stereocenters. The summed E-state index contributed by atoms with van der Waals surface area (Å²) in [7, 11) is 1.44. The number of primary amides is 1. The molecule has 176 valence electrons. The van der Waals surface area contributed by atoms with E-state index in [9.17, 15) is 14.4 Å². The van der Waals surface area contributed by atoms with E-state index in [1.807, 2.05) is 0 Å². The standard InChI is InChI=1S/C22H24Cl2N4O5/c1-12(2)19(27-21(30)15-8-7-14(23)9-16(15)24)22(31)28-26-10-13-5-4-6-17(32-3)20(13)33-11-18(25)29/h4-10,12,19H,11H2,1-3H3,(H2,25,29)(H,27,30)(H,28,31)/b26-10+. The molecule has 11 heteroatoms. The van der Waals surface area contributed by atoms with Crippen molar-refractivity contribution in [3.63, 3.8) is 0 Å². The second-order valence-electron chi connectivity index (χ2n) is 7.19. The molecule has 0 aliphatic carbocycles. The molecule has 0 saturated heterocycles. The summed E-state index contributed by atoms with van der Waals surface area (Å²) in [6.07, 6.45) is 1.33. The van der Waals surface area contributed by atoms with E-state index in [0.717, 1.165) is 0 Å². The smallest absolute Gasteiger partial charge is 0.262 e. The Morgan fingerprint density at radius 3 is 2.52 bits per heavy atom. The Labute approximate surface area is 201 Å². The molecule has 9 nitrogen and oxygen atoms in total. The average Bonchev–Trinajstić information content (AvgIpc) is 2.75. The van der Waals surface area contributed by atoms with E-state index in [-0.39, 0.29) is 28.9 Å². The summed E-state index contributed by atoms with van der Waals surface area (Å²) in [5.74, 6) is -1.37. The van der Waals surface area contributed by atoms with Gasteiger partial charge in [0.25, 0.3) is 17.7 Å². The molecule has 0 aliphatic heterocycles. The van der Waals surface area contributed by atoms with Gasteiger partial charge in [0.15, 0.2) is 18.1 Å². The van der Waals surface area contributed by atoms with Crippen LogP contribution in [-0.2, 0) is 9.59 Å². The van der Waals surface area contributed by atoms with Crippen LogP contribution in [0.5, 0.6) is 11.5 Å². The van der Waals surface area contributed by atoms with Crippen LogP contribution in [0.1, 0.15) is 29.8 Å². The van der Waals surface area contributed by atoms with Gasteiger partial charge >= 0.3 is 0 Å². The number of hydrogen-bond acceptors (Lipinski definition) is 6. The number of benzene rings is 2. The summed E-state index contributed by atoms with van der Waals surface area (Å²) in [4.78, 5) is 36.4. The van der Waals surface area contributed by atoms with Crippen molar-refractivity contribution in [1.29, 1.82) is 0 Å². The Hall–Kier alpha value is -3.30. The number of methoxy groups -OCH3 is 1. The highest BCUT2D eigenvalue weighted by Gasteiger charge is 2.25. The van der Waals surface area contributed by atoms with Gasteiger partial charge in [0, 0.05) is 10.6 Å². The fourth-order valence-corrected chi connectivity index (χ4v) is 3.25. The molecule has 2 aromatic carbocycles. The van der Waals surface area contributed by atoms with Crippen LogP contribution in [0.3, 0.4) is 0 Å². The molecule has 33 heavy (non-hydrogen) atoms. The lowest BCUT2D eigenvalue weighted by Gasteiger charge is -2.20. The Balaban J connectivity index is 2.13. The molecule has 2 aromatic rings. The van der Waals surface area contributed by atoms with Gasteiger partial charge in [0.05, 0.1) is 23.9 Å². The number of ether oxygens (including phenoxy) is 2. The zero-order valence-electron chi connectivity index (χ0n) is 18.2. The summed E-state index contributed by atoms with van der Waals surface area (Å²) < 4.78 is 10.6. The van der Waals surface area contributed by atoms with Crippen molar-refractivity contribution < 1.29 is 23.9 Å². The summed E-state index contributed by atoms with van der Waals surface area (Å²) in [5.41, 5.74) is 8.16. The van der Waals surface area contributed by atoms with Gasteiger partial charge in [-0.2, -0.15) is 5.10 Å². The maximum atomic E-state index is 12.7. The zero-order chi connectivity index (χ0) is 24.5. The van der Waals surface area contributed by atoms with Crippen LogP contribution >= 0.6 is 23.2 Å². The molecule has 0 radical (unpaired) electrons. The molecule has 0 spiro atoms. The van der Waals surface area contributed by atoms with Crippen molar-refractivity contribution in [2.75, 3.05) is 13.7 Å². The van der Waals surface area contributed by atoms with Gasteiger partial charge in [0.1, 0.15) is 6.04 Å². The predicted molar refractivity (Wildman–Crippen MR) is 126 cm³/mol. The number of carbonyl (C=O) groups is 3. The molecule has 0 aliphatic rings. The van der Waals surface area contributed by atoms with Gasteiger partial charge in [-0.3, -0.25) is 14.4 Å². The average molecular weight is 495 g/mol. The van der Waals surface area contributed by atoms with Crippen LogP contribution < -0.4 is 25.9 Å². The molecular weight excluding hydrogens is 471 g/mol. The fourth-order valence-electron chi connectivity index (χ4n) is 2.76. The van der Waals surface area contributed by atoms with Crippen molar-refractivity contribution in [2.45, 2.75) is 19.9 Å². The van der Waals surface area contributed by atoms with E-state index in [4.69, 9.17) is 38.4 Å². The van der Waals surface area contributed by atoms with Crippen molar-refractivity contribution in [3.05, 3.63) is 57.6 Å². The molecule has 0 saturated carbocycles. The number of carbonyl (C=O) groups excluding carboxylic acids is 3. The number of halogens is 2. The first-order valence-corrected chi connectivity index (χ1v) is 10.6. The zero-order valence-corrected chi connectivity index (χ0v) is 19.7.